The Morgan fingerprint density at radius 2 is 1.94 bits per heavy atom. The summed E-state index contributed by atoms with van der Waals surface area (Å²) in [6.07, 6.45) is 0.585. The van der Waals surface area contributed by atoms with Gasteiger partial charge in [-0.2, -0.15) is 8.78 Å². The number of guanidine groups is 1. The molecule has 3 rings (SSSR count). The van der Waals surface area contributed by atoms with Gasteiger partial charge in [-0.15, -0.1) is 0 Å². The molecule has 0 aliphatic carbocycles. The fourth-order valence-corrected chi connectivity index (χ4v) is 3.32. The molecule has 1 unspecified atom stereocenters. The Kier molecular flexibility index (Phi) is 6.88. The number of carbonyl (C=O) groups is 1. The number of rotatable bonds is 7. The van der Waals surface area contributed by atoms with Gasteiger partial charge in [0, 0.05) is 25.6 Å². The van der Waals surface area contributed by atoms with Crippen LogP contribution in [0.2, 0.25) is 0 Å². The largest absolute Gasteiger partial charge is 0.435 e. The van der Waals surface area contributed by atoms with Crippen molar-refractivity contribution in [1.82, 2.24) is 4.90 Å². The molecule has 0 aromatic heterocycles. The maximum atomic E-state index is 13.3. The Hall–Kier alpha value is -3.44. The van der Waals surface area contributed by atoms with Crippen molar-refractivity contribution in [2.24, 2.45) is 10.7 Å². The quantitative estimate of drug-likeness (QED) is 0.544. The van der Waals surface area contributed by atoms with Gasteiger partial charge in [-0.3, -0.25) is 9.69 Å². The highest BCUT2D eigenvalue weighted by Gasteiger charge is 2.49. The van der Waals surface area contributed by atoms with E-state index in [1.165, 1.54) is 36.2 Å². The highest BCUT2D eigenvalue weighted by molar-refractivity contribution is 6.08. The van der Waals surface area contributed by atoms with Crippen molar-refractivity contribution in [3.05, 3.63) is 65.2 Å². The van der Waals surface area contributed by atoms with Crippen LogP contribution in [0.25, 0.3) is 0 Å². The third-order valence-electron chi connectivity index (χ3n) is 4.83. The Labute approximate surface area is 179 Å². The average Bonchev–Trinajstić information content (AvgIpc) is 2.99. The third kappa shape index (κ3) is 4.67. The van der Waals surface area contributed by atoms with E-state index in [4.69, 9.17) is 10.5 Å². The minimum absolute atomic E-state index is 0.0152. The molecule has 31 heavy (non-hydrogen) atoms. The highest BCUT2D eigenvalue weighted by atomic mass is 19.3. The lowest BCUT2D eigenvalue weighted by Crippen LogP contribution is -2.41. The molecule has 2 aromatic rings. The number of nitrogens with zero attached hydrogens (tertiary/aromatic N) is 2. The van der Waals surface area contributed by atoms with Crippen molar-refractivity contribution in [2.45, 2.75) is 25.5 Å². The topological polar surface area (TPSA) is 77.2 Å². The van der Waals surface area contributed by atoms with E-state index in [0.717, 1.165) is 0 Å². The second-order valence-electron chi connectivity index (χ2n) is 6.78. The average molecular weight is 427 g/mol. The standard InChI is InChI=1S/C23H23F2N3O3/c1-3-30-14-5-4-7-16-8-6-9-18(15-16)23(20(29)28(2)22(26)27-23)17-10-12-19(13-11-17)31-21(24)25/h6,8-13,15,21H,3,5,14H2,1-2H3,(H2,26,27). The van der Waals surface area contributed by atoms with E-state index >= 15 is 0 Å². The monoisotopic (exact) mass is 427 g/mol. The predicted octanol–water partition coefficient (Wildman–Crippen LogP) is 3.10. The number of likely N-dealkylation sites (N-methyl/N-ethyl adjacent to an activating group) is 1. The first-order valence-electron chi connectivity index (χ1n) is 9.74. The van der Waals surface area contributed by atoms with Crippen molar-refractivity contribution in [1.29, 1.82) is 0 Å². The van der Waals surface area contributed by atoms with Gasteiger partial charge < -0.3 is 15.2 Å². The first-order valence-corrected chi connectivity index (χ1v) is 9.74. The molecule has 0 bridgehead atoms. The van der Waals surface area contributed by atoms with Crippen LogP contribution < -0.4 is 10.5 Å². The van der Waals surface area contributed by atoms with Gasteiger partial charge in [0.1, 0.15) is 5.75 Å². The molecule has 0 fully saturated rings. The van der Waals surface area contributed by atoms with Crippen molar-refractivity contribution in [3.8, 4) is 17.6 Å². The molecule has 1 heterocycles. The molecule has 1 atom stereocenters. The van der Waals surface area contributed by atoms with Crippen molar-refractivity contribution in [3.63, 3.8) is 0 Å². The summed E-state index contributed by atoms with van der Waals surface area (Å²) in [4.78, 5) is 19.0. The van der Waals surface area contributed by atoms with Gasteiger partial charge >= 0.3 is 6.61 Å². The lowest BCUT2D eigenvalue weighted by Gasteiger charge is -2.26. The fourth-order valence-electron chi connectivity index (χ4n) is 3.32. The number of carbonyl (C=O) groups excluding carboxylic acids is 1. The van der Waals surface area contributed by atoms with E-state index in [2.05, 4.69) is 21.6 Å². The number of ether oxygens (including phenoxy) is 2. The number of nitrogens with two attached hydrogens (primary N) is 1. The molecule has 8 heteroatoms. The van der Waals surface area contributed by atoms with Gasteiger partial charge in [0.25, 0.3) is 5.91 Å². The zero-order valence-electron chi connectivity index (χ0n) is 17.3. The minimum Gasteiger partial charge on any atom is -0.435 e. The molecule has 0 spiro atoms. The predicted molar refractivity (Wildman–Crippen MR) is 113 cm³/mol. The van der Waals surface area contributed by atoms with Crippen LogP contribution in [-0.4, -0.2) is 43.6 Å². The summed E-state index contributed by atoms with van der Waals surface area (Å²) in [5.74, 6) is 5.80. The first-order chi connectivity index (χ1) is 14.9. The molecule has 2 aromatic carbocycles. The minimum atomic E-state index is -2.94. The molecule has 0 saturated heterocycles. The maximum absolute atomic E-state index is 13.3. The molecule has 1 aliphatic rings. The van der Waals surface area contributed by atoms with Crippen LogP contribution in [0.15, 0.2) is 53.5 Å². The van der Waals surface area contributed by atoms with Crippen LogP contribution in [-0.2, 0) is 15.1 Å². The van der Waals surface area contributed by atoms with Crippen LogP contribution in [0, 0.1) is 11.8 Å². The van der Waals surface area contributed by atoms with E-state index in [-0.39, 0.29) is 17.6 Å². The number of halogens is 2. The molecular formula is C23H23F2N3O3. The molecular weight excluding hydrogens is 404 g/mol. The molecule has 6 nitrogen and oxygen atoms in total. The SMILES string of the molecule is CCOCCC#Cc1cccc(C2(c3ccc(OC(F)F)cc3)N=C(N)N(C)C2=O)c1. The van der Waals surface area contributed by atoms with Crippen LogP contribution in [0.5, 0.6) is 5.75 Å². The molecule has 1 amide bonds. The zero-order chi connectivity index (χ0) is 22.4. The smallest absolute Gasteiger partial charge is 0.387 e. The zero-order valence-corrected chi connectivity index (χ0v) is 17.3. The van der Waals surface area contributed by atoms with Gasteiger partial charge in [-0.25, -0.2) is 4.99 Å². The maximum Gasteiger partial charge on any atom is 0.387 e. The Morgan fingerprint density at radius 1 is 1.19 bits per heavy atom. The third-order valence-corrected chi connectivity index (χ3v) is 4.83. The summed E-state index contributed by atoms with van der Waals surface area (Å²) >= 11 is 0. The summed E-state index contributed by atoms with van der Waals surface area (Å²) in [5, 5.41) is 0. The van der Waals surface area contributed by atoms with Crippen LogP contribution in [0.3, 0.4) is 0 Å². The normalized spacial score (nSPS) is 18.0. The van der Waals surface area contributed by atoms with E-state index in [0.29, 0.717) is 36.3 Å². The van der Waals surface area contributed by atoms with Crippen LogP contribution in [0.4, 0.5) is 8.78 Å². The summed E-state index contributed by atoms with van der Waals surface area (Å²) in [6.45, 7) is 0.163. The lowest BCUT2D eigenvalue weighted by molar-refractivity contribution is -0.129. The van der Waals surface area contributed by atoms with E-state index in [1.807, 2.05) is 13.0 Å². The summed E-state index contributed by atoms with van der Waals surface area (Å²) in [7, 11) is 1.54. The van der Waals surface area contributed by atoms with Gasteiger partial charge in [0.05, 0.1) is 6.61 Å². The fraction of sp³-hybridized carbons (Fsp3) is 0.304. The van der Waals surface area contributed by atoms with Crippen molar-refractivity contribution >= 4 is 11.9 Å². The lowest BCUT2D eigenvalue weighted by atomic mass is 9.82. The Bertz CT molecular complexity index is 1030. The van der Waals surface area contributed by atoms with E-state index in [9.17, 15) is 13.6 Å². The summed E-state index contributed by atoms with van der Waals surface area (Å²) < 4.78 is 34.7. The van der Waals surface area contributed by atoms with Crippen LogP contribution >= 0.6 is 0 Å². The van der Waals surface area contributed by atoms with Gasteiger partial charge in [0.15, 0.2) is 11.5 Å². The Balaban J connectivity index is 2.02. The van der Waals surface area contributed by atoms with Crippen molar-refractivity contribution in [2.75, 3.05) is 20.3 Å². The highest BCUT2D eigenvalue weighted by Crippen LogP contribution is 2.40. The summed E-state index contributed by atoms with van der Waals surface area (Å²) in [6, 6.07) is 13.0. The molecule has 0 saturated carbocycles. The number of benzene rings is 2. The van der Waals surface area contributed by atoms with Gasteiger partial charge in [0.2, 0.25) is 0 Å². The van der Waals surface area contributed by atoms with Crippen molar-refractivity contribution < 1.29 is 23.0 Å². The second-order valence-corrected chi connectivity index (χ2v) is 6.78. The van der Waals surface area contributed by atoms with E-state index < -0.39 is 12.2 Å². The molecule has 162 valence electrons. The van der Waals surface area contributed by atoms with Gasteiger partial charge in [-0.05, 0) is 42.3 Å². The van der Waals surface area contributed by atoms with Crippen LogP contribution in [0.1, 0.15) is 30.0 Å². The van der Waals surface area contributed by atoms with Gasteiger partial charge in [-0.1, -0.05) is 36.1 Å². The number of alkyl halides is 2. The molecule has 2 N–H and O–H groups in total. The summed E-state index contributed by atoms with van der Waals surface area (Å²) in [5.41, 5.74) is 6.29. The molecule has 0 radical (unpaired) electrons. The molecule has 1 aliphatic heterocycles. The second kappa shape index (κ2) is 9.58. The number of hydrogen-bond donors (Lipinski definition) is 1. The van der Waals surface area contributed by atoms with E-state index in [1.54, 1.807) is 18.2 Å². The number of hydrogen-bond acceptors (Lipinski definition) is 5. The number of amides is 1. The Morgan fingerprint density at radius 3 is 2.55 bits per heavy atom. The first kappa shape index (κ1) is 22.2. The number of aliphatic imine (C=N–C) groups is 1.